The second kappa shape index (κ2) is 5.56. The molecule has 5 aromatic rings. The fourth-order valence-corrected chi connectivity index (χ4v) is 3.63. The van der Waals surface area contributed by atoms with Crippen LogP contribution in [-0.2, 0) is 0 Å². The maximum absolute atomic E-state index is 4.96. The highest BCUT2D eigenvalue weighted by Crippen LogP contribution is 2.33. The Morgan fingerprint density at radius 3 is 2.62 bits per heavy atom. The molecule has 3 heterocycles. The van der Waals surface area contributed by atoms with E-state index in [1.807, 2.05) is 24.4 Å². The van der Waals surface area contributed by atoms with Crippen molar-refractivity contribution in [3.63, 3.8) is 0 Å². The van der Waals surface area contributed by atoms with Crippen molar-refractivity contribution in [3.05, 3.63) is 78.2 Å². The minimum absolute atomic E-state index is 0.978. The van der Waals surface area contributed by atoms with Crippen LogP contribution >= 0.6 is 0 Å². The topological polar surface area (TPSA) is 46.0 Å². The average Bonchev–Trinajstić information content (AvgIpc) is 3.29. The van der Waals surface area contributed by atoms with E-state index >= 15 is 0 Å². The molecule has 0 fully saturated rings. The minimum atomic E-state index is 0.978. The molecular weight excluding hydrogens is 320 g/mol. The molecule has 0 saturated heterocycles. The van der Waals surface area contributed by atoms with Gasteiger partial charge < -0.3 is 4.40 Å². The summed E-state index contributed by atoms with van der Waals surface area (Å²) in [5.41, 5.74) is 8.92. The van der Waals surface area contributed by atoms with Gasteiger partial charge in [0.2, 0.25) is 0 Å². The zero-order valence-electron chi connectivity index (χ0n) is 14.7. The second-order valence-corrected chi connectivity index (χ2v) is 6.72. The number of aromatic amines is 1. The van der Waals surface area contributed by atoms with Gasteiger partial charge in [0.25, 0.3) is 0 Å². The van der Waals surface area contributed by atoms with Gasteiger partial charge in [0.05, 0.1) is 17.4 Å². The zero-order chi connectivity index (χ0) is 17.7. The first kappa shape index (κ1) is 14.9. The smallest absolute Gasteiger partial charge is 0.145 e. The highest BCUT2D eigenvalue weighted by Gasteiger charge is 2.14. The van der Waals surface area contributed by atoms with Gasteiger partial charge in [-0.05, 0) is 48.7 Å². The molecule has 2 aromatic carbocycles. The molecule has 0 saturated carbocycles. The lowest BCUT2D eigenvalue weighted by atomic mass is 9.98. The Morgan fingerprint density at radius 2 is 1.77 bits per heavy atom. The van der Waals surface area contributed by atoms with Gasteiger partial charge in [-0.3, -0.25) is 5.10 Å². The van der Waals surface area contributed by atoms with Crippen LogP contribution in [0, 0.1) is 13.8 Å². The first-order valence-electron chi connectivity index (χ1n) is 8.68. The molecule has 0 bridgehead atoms. The van der Waals surface area contributed by atoms with Crippen LogP contribution in [0.15, 0.2) is 67.1 Å². The number of hydrogen-bond donors (Lipinski definition) is 1. The first-order chi connectivity index (χ1) is 12.7. The number of benzene rings is 2. The van der Waals surface area contributed by atoms with Crippen molar-refractivity contribution in [1.82, 2.24) is 19.6 Å². The van der Waals surface area contributed by atoms with E-state index in [0.717, 1.165) is 27.8 Å². The third kappa shape index (κ3) is 2.23. The van der Waals surface area contributed by atoms with Gasteiger partial charge in [-0.2, -0.15) is 5.10 Å². The van der Waals surface area contributed by atoms with Gasteiger partial charge >= 0.3 is 0 Å². The van der Waals surface area contributed by atoms with Crippen molar-refractivity contribution >= 4 is 16.6 Å². The number of rotatable bonds is 2. The summed E-state index contributed by atoms with van der Waals surface area (Å²) in [5, 5.41) is 8.37. The van der Waals surface area contributed by atoms with Crippen LogP contribution in [-0.4, -0.2) is 19.6 Å². The van der Waals surface area contributed by atoms with Gasteiger partial charge in [-0.1, -0.05) is 30.3 Å². The molecule has 0 aliphatic rings. The van der Waals surface area contributed by atoms with Gasteiger partial charge in [0.1, 0.15) is 5.65 Å². The number of nitrogens with one attached hydrogen (secondary N) is 1. The summed E-state index contributed by atoms with van der Waals surface area (Å²) in [5.74, 6) is 0. The Labute approximate surface area is 151 Å². The van der Waals surface area contributed by atoms with E-state index in [0.29, 0.717) is 0 Å². The van der Waals surface area contributed by atoms with Crippen LogP contribution in [0.1, 0.15) is 11.1 Å². The quantitative estimate of drug-likeness (QED) is 0.483. The number of hydrogen-bond acceptors (Lipinski definition) is 2. The summed E-state index contributed by atoms with van der Waals surface area (Å²) in [4.78, 5) is 4.96. The summed E-state index contributed by atoms with van der Waals surface area (Å²) in [7, 11) is 0. The van der Waals surface area contributed by atoms with Crippen LogP contribution in [0.3, 0.4) is 0 Å². The Balaban J connectivity index is 1.78. The van der Waals surface area contributed by atoms with E-state index in [9.17, 15) is 0 Å². The summed E-state index contributed by atoms with van der Waals surface area (Å²) in [6.07, 6.45) is 6.05. The summed E-state index contributed by atoms with van der Waals surface area (Å²) >= 11 is 0. The number of aromatic nitrogens is 4. The Bertz CT molecular complexity index is 1250. The van der Waals surface area contributed by atoms with Crippen molar-refractivity contribution in [2.45, 2.75) is 13.8 Å². The maximum Gasteiger partial charge on any atom is 0.145 e. The molecule has 0 aliphatic heterocycles. The average molecular weight is 338 g/mol. The summed E-state index contributed by atoms with van der Waals surface area (Å²) in [6.45, 7) is 4.25. The highest BCUT2D eigenvalue weighted by atomic mass is 15.1. The Hall–Kier alpha value is -3.40. The van der Waals surface area contributed by atoms with E-state index in [4.69, 9.17) is 4.98 Å². The lowest BCUT2D eigenvalue weighted by molar-refractivity contribution is 1.11. The van der Waals surface area contributed by atoms with Gasteiger partial charge in [-0.25, -0.2) is 4.98 Å². The number of aryl methyl sites for hydroxylation is 2. The maximum atomic E-state index is 4.96. The number of H-pyrrole nitrogens is 1. The van der Waals surface area contributed by atoms with E-state index in [-0.39, 0.29) is 0 Å². The van der Waals surface area contributed by atoms with Gasteiger partial charge in [0, 0.05) is 28.9 Å². The van der Waals surface area contributed by atoms with Crippen molar-refractivity contribution in [1.29, 1.82) is 0 Å². The molecule has 0 amide bonds. The first-order valence-corrected chi connectivity index (χ1v) is 8.68. The molecule has 4 heteroatoms. The molecule has 26 heavy (non-hydrogen) atoms. The third-order valence-corrected chi connectivity index (χ3v) is 4.94. The van der Waals surface area contributed by atoms with E-state index in [2.05, 4.69) is 71.2 Å². The fourth-order valence-electron chi connectivity index (χ4n) is 3.63. The number of pyridine rings is 1. The van der Waals surface area contributed by atoms with Crippen LogP contribution < -0.4 is 0 Å². The molecule has 0 radical (unpaired) electrons. The van der Waals surface area contributed by atoms with E-state index < -0.39 is 0 Å². The lowest BCUT2D eigenvalue weighted by Gasteiger charge is -2.09. The lowest BCUT2D eigenvalue weighted by Crippen LogP contribution is -1.92. The molecular formula is C22H18N4. The zero-order valence-corrected chi connectivity index (χ0v) is 14.7. The van der Waals surface area contributed by atoms with Gasteiger partial charge in [0.15, 0.2) is 0 Å². The predicted molar refractivity (Wildman–Crippen MR) is 105 cm³/mol. The Morgan fingerprint density at radius 1 is 0.923 bits per heavy atom. The number of fused-ring (bicyclic) bond motifs is 2. The number of nitrogens with zero attached hydrogens (tertiary/aromatic N) is 3. The molecule has 4 nitrogen and oxygen atoms in total. The van der Waals surface area contributed by atoms with Crippen molar-refractivity contribution in [3.8, 4) is 22.4 Å². The highest BCUT2D eigenvalue weighted by molar-refractivity contribution is 5.91. The molecule has 1 N–H and O–H groups in total. The van der Waals surface area contributed by atoms with Gasteiger partial charge in [-0.15, -0.1) is 0 Å². The molecule has 0 atom stereocenters. The molecule has 3 aromatic heterocycles. The molecule has 126 valence electrons. The van der Waals surface area contributed by atoms with Crippen molar-refractivity contribution in [2.75, 3.05) is 0 Å². The van der Waals surface area contributed by atoms with E-state index in [1.54, 1.807) is 0 Å². The van der Waals surface area contributed by atoms with Crippen LogP contribution in [0.2, 0.25) is 0 Å². The van der Waals surface area contributed by atoms with Crippen molar-refractivity contribution < 1.29 is 0 Å². The van der Waals surface area contributed by atoms with Crippen LogP contribution in [0.5, 0.6) is 0 Å². The van der Waals surface area contributed by atoms with Crippen molar-refractivity contribution in [2.24, 2.45) is 0 Å². The standard InChI is InChI=1S/C22H18N4/c1-14-8-9-26-13-19(16-6-4-3-5-7-16)24-22(26)20(14)17-10-15(2)21-18(11-17)12-23-25-21/h3-13H,1-2H3,(H,23,25). The SMILES string of the molecule is Cc1ccn2cc(-c3ccccc3)nc2c1-c1cc(C)c2[nH]ncc2c1. The molecule has 0 unspecified atom stereocenters. The minimum Gasteiger partial charge on any atom is -0.306 e. The predicted octanol–water partition coefficient (Wildman–Crippen LogP) is 5.16. The molecule has 5 rings (SSSR count). The Kier molecular flexibility index (Phi) is 3.19. The second-order valence-electron chi connectivity index (χ2n) is 6.72. The van der Waals surface area contributed by atoms with Crippen LogP contribution in [0.4, 0.5) is 0 Å². The summed E-state index contributed by atoms with van der Waals surface area (Å²) in [6, 6.07) is 16.8. The number of imidazole rings is 1. The third-order valence-electron chi connectivity index (χ3n) is 4.94. The summed E-state index contributed by atoms with van der Waals surface area (Å²) < 4.78 is 2.11. The normalized spacial score (nSPS) is 11.5. The molecule has 0 aliphatic carbocycles. The monoisotopic (exact) mass is 338 g/mol. The fraction of sp³-hybridized carbons (Fsp3) is 0.0909. The van der Waals surface area contributed by atoms with E-state index in [1.165, 1.54) is 22.3 Å². The van der Waals surface area contributed by atoms with Crippen LogP contribution in [0.25, 0.3) is 38.9 Å². The molecule has 0 spiro atoms. The largest absolute Gasteiger partial charge is 0.306 e.